The smallest absolute Gasteiger partial charge is 0.275 e. The lowest BCUT2D eigenvalue weighted by atomic mass is 10.1. The Morgan fingerprint density at radius 3 is 2.72 bits per heavy atom. The van der Waals surface area contributed by atoms with Crippen LogP contribution in [-0.4, -0.2) is 59.6 Å². The molecule has 3 heterocycles. The van der Waals surface area contributed by atoms with Gasteiger partial charge in [0.1, 0.15) is 24.1 Å². The van der Waals surface area contributed by atoms with E-state index in [9.17, 15) is 15.0 Å². The number of nitrogen functional groups attached to an aromatic ring is 1. The molecule has 1 fully saturated rings. The maximum atomic E-state index is 12.2. The molecule has 4 atom stereocenters. The van der Waals surface area contributed by atoms with Crippen LogP contribution in [-0.2, 0) is 14.4 Å². The lowest BCUT2D eigenvalue weighted by Gasteiger charge is -2.21. The monoisotopic (exact) mass is 352 g/mol. The van der Waals surface area contributed by atoms with Crippen molar-refractivity contribution >= 4 is 22.9 Å². The number of carbonyl (C=O) groups is 1. The Hall–Kier alpha value is -2.34. The number of nitrogens with two attached hydrogens (primary N) is 1. The van der Waals surface area contributed by atoms with Gasteiger partial charge in [-0.15, -0.1) is 0 Å². The van der Waals surface area contributed by atoms with Crippen LogP contribution >= 0.6 is 0 Å². The molecule has 0 saturated carbocycles. The van der Waals surface area contributed by atoms with Crippen molar-refractivity contribution in [1.29, 1.82) is 0 Å². The van der Waals surface area contributed by atoms with Gasteiger partial charge in [0.15, 0.2) is 23.8 Å². The van der Waals surface area contributed by atoms with Gasteiger partial charge in [-0.3, -0.25) is 14.2 Å². The van der Waals surface area contributed by atoms with Crippen LogP contribution in [0.25, 0.3) is 11.2 Å². The summed E-state index contributed by atoms with van der Waals surface area (Å²) in [7, 11) is 0. The third-order valence-corrected chi connectivity index (χ3v) is 3.62. The predicted molar refractivity (Wildman–Crippen MR) is 84.6 cm³/mol. The third-order valence-electron chi connectivity index (χ3n) is 3.62. The van der Waals surface area contributed by atoms with Crippen LogP contribution in [0.15, 0.2) is 12.7 Å². The van der Waals surface area contributed by atoms with Gasteiger partial charge in [-0.2, -0.15) is 0 Å². The Balaban J connectivity index is 1.82. The second-order valence-corrected chi connectivity index (χ2v) is 6.69. The number of nitrogens with one attached hydrogen (secondary N) is 1. The number of hydrogen-bond acceptors (Lipinski definition) is 9. The second-order valence-electron chi connectivity index (χ2n) is 6.69. The van der Waals surface area contributed by atoms with E-state index < -0.39 is 36.0 Å². The topological polar surface area (TPSA) is 158 Å². The molecule has 0 radical (unpaired) electrons. The fourth-order valence-electron chi connectivity index (χ4n) is 2.42. The van der Waals surface area contributed by atoms with Crippen LogP contribution in [0, 0.1) is 0 Å². The maximum absolute atomic E-state index is 12.2. The Bertz CT molecular complexity index is 788. The normalized spacial score (nSPS) is 26.9. The number of hydrogen-bond donors (Lipinski definition) is 4. The first-order valence-electron chi connectivity index (χ1n) is 7.61. The summed E-state index contributed by atoms with van der Waals surface area (Å²) in [6, 6.07) is 0. The number of amides is 1. The Kier molecular flexibility index (Phi) is 4.33. The summed E-state index contributed by atoms with van der Waals surface area (Å²) < 4.78 is 6.92. The maximum Gasteiger partial charge on any atom is 0.275 e. The zero-order valence-corrected chi connectivity index (χ0v) is 13.9. The number of aliphatic hydroxyl groups is 2. The number of nitrogens with zero attached hydrogens (tertiary/aromatic N) is 4. The number of ether oxygens (including phenoxy) is 1. The zero-order valence-electron chi connectivity index (χ0n) is 13.9. The molecule has 0 bridgehead atoms. The first kappa shape index (κ1) is 17.5. The number of carbonyl (C=O) groups excluding carboxylic acids is 1. The second kappa shape index (κ2) is 6.19. The van der Waals surface area contributed by atoms with Crippen molar-refractivity contribution < 1.29 is 24.6 Å². The number of aromatic nitrogens is 4. The summed E-state index contributed by atoms with van der Waals surface area (Å²) in [5, 5.41) is 20.5. The molecule has 1 saturated heterocycles. The molecule has 2 aromatic rings. The van der Waals surface area contributed by atoms with Crippen molar-refractivity contribution in [2.45, 2.75) is 50.9 Å². The van der Waals surface area contributed by atoms with Gasteiger partial charge in [-0.25, -0.2) is 20.4 Å². The highest BCUT2D eigenvalue weighted by molar-refractivity contribution is 5.82. The van der Waals surface area contributed by atoms with E-state index in [1.165, 1.54) is 17.2 Å². The third kappa shape index (κ3) is 3.26. The molecule has 0 spiro atoms. The summed E-state index contributed by atoms with van der Waals surface area (Å²) in [6.45, 7) is 5.25. The predicted octanol–water partition coefficient (Wildman–Crippen LogP) is -1.13. The minimum absolute atomic E-state index is 0.171. The van der Waals surface area contributed by atoms with Crippen molar-refractivity contribution in [2.75, 3.05) is 5.73 Å². The van der Waals surface area contributed by atoms with Crippen LogP contribution in [0.5, 0.6) is 0 Å². The van der Waals surface area contributed by atoms with E-state index in [0.29, 0.717) is 11.2 Å². The number of imidazole rings is 1. The zero-order chi connectivity index (χ0) is 18.4. The Morgan fingerprint density at radius 2 is 2.04 bits per heavy atom. The Labute approximate surface area is 142 Å². The average molecular weight is 352 g/mol. The molecule has 0 unspecified atom stereocenters. The number of hydroxylamine groups is 1. The van der Waals surface area contributed by atoms with Gasteiger partial charge < -0.3 is 20.7 Å². The lowest BCUT2D eigenvalue weighted by Crippen LogP contribution is -2.45. The van der Waals surface area contributed by atoms with E-state index in [1.807, 2.05) is 0 Å². The molecule has 136 valence electrons. The molecule has 11 nitrogen and oxygen atoms in total. The SMILES string of the molecule is CC(C)(C)ONC(=O)[C@H]1O[C@@H](n2cnc3c(N)ncnc32)[C@H](O)[C@@H]1O. The highest BCUT2D eigenvalue weighted by atomic mass is 16.7. The molecular formula is C14H20N6O5. The summed E-state index contributed by atoms with van der Waals surface area (Å²) in [6.07, 6.45) is -2.63. The fraction of sp³-hybridized carbons (Fsp3) is 0.571. The standard InChI is InChI=1S/C14H20N6O5/c1-14(2,3)25-19-12(23)9-7(21)8(22)13(24-9)20-5-18-6-10(15)16-4-17-11(6)20/h4-5,7-9,13,21-22H,1-3H3,(H,19,23)(H2,15,16,17)/t7-,8+,9-,13+/m0/s1. The first-order chi connectivity index (χ1) is 11.7. The number of aliphatic hydroxyl groups excluding tert-OH is 2. The van der Waals surface area contributed by atoms with E-state index >= 15 is 0 Å². The number of fused-ring (bicyclic) bond motifs is 1. The summed E-state index contributed by atoms with van der Waals surface area (Å²) in [4.78, 5) is 29.3. The molecule has 25 heavy (non-hydrogen) atoms. The van der Waals surface area contributed by atoms with Gasteiger partial charge in [-0.1, -0.05) is 0 Å². The van der Waals surface area contributed by atoms with Crippen molar-refractivity contribution in [3.05, 3.63) is 12.7 Å². The molecule has 0 aromatic carbocycles. The highest BCUT2D eigenvalue weighted by Gasteiger charge is 2.48. The minimum atomic E-state index is -1.45. The summed E-state index contributed by atoms with van der Waals surface area (Å²) in [5.41, 5.74) is 7.97. The molecular weight excluding hydrogens is 332 g/mol. The number of anilines is 1. The molecule has 1 amide bonds. The van der Waals surface area contributed by atoms with E-state index in [4.69, 9.17) is 15.3 Å². The van der Waals surface area contributed by atoms with Crippen LogP contribution in [0.4, 0.5) is 5.82 Å². The van der Waals surface area contributed by atoms with E-state index in [-0.39, 0.29) is 5.82 Å². The van der Waals surface area contributed by atoms with Crippen LogP contribution in [0.1, 0.15) is 27.0 Å². The molecule has 1 aliphatic rings. The lowest BCUT2D eigenvalue weighted by molar-refractivity contribution is -0.161. The van der Waals surface area contributed by atoms with Gasteiger partial charge in [-0.05, 0) is 20.8 Å². The van der Waals surface area contributed by atoms with Crippen LogP contribution in [0.3, 0.4) is 0 Å². The molecule has 3 rings (SSSR count). The van der Waals surface area contributed by atoms with Gasteiger partial charge in [0.2, 0.25) is 0 Å². The minimum Gasteiger partial charge on any atom is -0.387 e. The Morgan fingerprint density at radius 1 is 1.32 bits per heavy atom. The quantitative estimate of drug-likeness (QED) is 0.502. The molecule has 5 N–H and O–H groups in total. The van der Waals surface area contributed by atoms with Gasteiger partial charge in [0, 0.05) is 0 Å². The number of rotatable bonds is 3. The van der Waals surface area contributed by atoms with Crippen molar-refractivity contribution in [3.63, 3.8) is 0 Å². The molecule has 1 aliphatic heterocycles. The van der Waals surface area contributed by atoms with Crippen LogP contribution in [0.2, 0.25) is 0 Å². The molecule has 11 heteroatoms. The van der Waals surface area contributed by atoms with E-state index in [0.717, 1.165) is 0 Å². The van der Waals surface area contributed by atoms with Gasteiger partial charge in [0.25, 0.3) is 5.91 Å². The van der Waals surface area contributed by atoms with Gasteiger partial charge in [0.05, 0.1) is 11.9 Å². The molecule has 0 aliphatic carbocycles. The van der Waals surface area contributed by atoms with Gasteiger partial charge >= 0.3 is 0 Å². The van der Waals surface area contributed by atoms with Crippen molar-refractivity contribution in [1.82, 2.24) is 25.0 Å². The van der Waals surface area contributed by atoms with Crippen molar-refractivity contribution in [2.24, 2.45) is 0 Å². The summed E-state index contributed by atoms with van der Waals surface area (Å²) >= 11 is 0. The summed E-state index contributed by atoms with van der Waals surface area (Å²) in [5.74, 6) is -0.535. The van der Waals surface area contributed by atoms with E-state index in [1.54, 1.807) is 20.8 Å². The fourth-order valence-corrected chi connectivity index (χ4v) is 2.42. The van der Waals surface area contributed by atoms with Crippen LogP contribution < -0.4 is 11.2 Å². The molecule has 2 aromatic heterocycles. The van der Waals surface area contributed by atoms with Crippen molar-refractivity contribution in [3.8, 4) is 0 Å². The van der Waals surface area contributed by atoms with E-state index in [2.05, 4.69) is 20.4 Å². The first-order valence-corrected chi connectivity index (χ1v) is 7.61. The largest absolute Gasteiger partial charge is 0.387 e. The average Bonchev–Trinajstić information content (AvgIpc) is 3.08. The highest BCUT2D eigenvalue weighted by Crippen LogP contribution is 2.32.